The highest BCUT2D eigenvalue weighted by atomic mass is 32.1. The van der Waals surface area contributed by atoms with Gasteiger partial charge >= 0.3 is 6.01 Å². The fourth-order valence-corrected chi connectivity index (χ4v) is 3.76. The molecule has 0 saturated carbocycles. The van der Waals surface area contributed by atoms with Gasteiger partial charge in [0.25, 0.3) is 5.91 Å². The van der Waals surface area contributed by atoms with E-state index in [0.717, 1.165) is 24.1 Å². The van der Waals surface area contributed by atoms with Gasteiger partial charge in [-0.25, -0.2) is 15.0 Å². The Balaban J connectivity index is 1.44. The highest BCUT2D eigenvalue weighted by Crippen LogP contribution is 2.24. The van der Waals surface area contributed by atoms with Crippen LogP contribution in [-0.4, -0.2) is 45.0 Å². The van der Waals surface area contributed by atoms with Gasteiger partial charge in [-0.2, -0.15) is 0 Å². The molecule has 1 atom stereocenters. The predicted molar refractivity (Wildman–Crippen MR) is 99.1 cm³/mol. The zero-order valence-corrected chi connectivity index (χ0v) is 14.9. The zero-order valence-electron chi connectivity index (χ0n) is 14.1. The van der Waals surface area contributed by atoms with Crippen molar-refractivity contribution in [1.82, 2.24) is 19.9 Å². The van der Waals surface area contributed by atoms with E-state index in [1.807, 2.05) is 40.6 Å². The Bertz CT molecular complexity index is 870. The van der Waals surface area contributed by atoms with Crippen LogP contribution in [0, 0.1) is 0 Å². The monoisotopic (exact) mass is 366 g/mol. The SMILES string of the molecule is O=C(c1nc(-c2ccccc2)cs1)N1CCCC(Oc2ncccn2)C1. The number of piperidine rings is 1. The van der Waals surface area contributed by atoms with Crippen LogP contribution in [0.5, 0.6) is 6.01 Å². The molecule has 0 bridgehead atoms. The third kappa shape index (κ3) is 3.72. The van der Waals surface area contributed by atoms with Gasteiger partial charge in [0.1, 0.15) is 6.10 Å². The topological polar surface area (TPSA) is 68.2 Å². The molecule has 1 amide bonds. The summed E-state index contributed by atoms with van der Waals surface area (Å²) in [6.45, 7) is 1.24. The smallest absolute Gasteiger partial charge is 0.316 e. The zero-order chi connectivity index (χ0) is 17.8. The Kier molecular flexibility index (Phi) is 4.88. The first-order valence-electron chi connectivity index (χ1n) is 8.53. The third-order valence-corrected chi connectivity index (χ3v) is 5.07. The predicted octanol–water partition coefficient (Wildman–Crippen LogP) is 3.28. The minimum absolute atomic E-state index is 0.0422. The first kappa shape index (κ1) is 16.7. The van der Waals surface area contributed by atoms with Crippen LogP contribution in [-0.2, 0) is 0 Å². The quantitative estimate of drug-likeness (QED) is 0.709. The lowest BCUT2D eigenvalue weighted by atomic mass is 10.1. The van der Waals surface area contributed by atoms with Crippen molar-refractivity contribution in [1.29, 1.82) is 0 Å². The van der Waals surface area contributed by atoms with Gasteiger partial charge in [0.15, 0.2) is 5.01 Å². The largest absolute Gasteiger partial charge is 0.458 e. The summed E-state index contributed by atoms with van der Waals surface area (Å²) in [5.41, 5.74) is 1.85. The third-order valence-electron chi connectivity index (χ3n) is 4.24. The molecule has 3 heterocycles. The van der Waals surface area contributed by atoms with E-state index in [0.29, 0.717) is 24.1 Å². The Morgan fingerprint density at radius 2 is 1.96 bits per heavy atom. The number of benzene rings is 1. The maximum atomic E-state index is 12.8. The molecule has 1 aliphatic heterocycles. The summed E-state index contributed by atoms with van der Waals surface area (Å²) in [5, 5.41) is 2.44. The van der Waals surface area contributed by atoms with Gasteiger partial charge in [-0.3, -0.25) is 4.79 Å². The number of likely N-dealkylation sites (tertiary alicyclic amines) is 1. The lowest BCUT2D eigenvalue weighted by Gasteiger charge is -2.31. The van der Waals surface area contributed by atoms with Gasteiger partial charge in [0, 0.05) is 29.9 Å². The van der Waals surface area contributed by atoms with E-state index < -0.39 is 0 Å². The van der Waals surface area contributed by atoms with Gasteiger partial charge in [0.05, 0.1) is 12.2 Å². The highest BCUT2D eigenvalue weighted by Gasteiger charge is 2.27. The molecule has 26 heavy (non-hydrogen) atoms. The summed E-state index contributed by atoms with van der Waals surface area (Å²) in [7, 11) is 0. The minimum atomic E-state index is -0.0938. The number of carbonyl (C=O) groups is 1. The van der Waals surface area contributed by atoms with E-state index in [2.05, 4.69) is 15.0 Å². The van der Waals surface area contributed by atoms with Crippen molar-refractivity contribution >= 4 is 17.2 Å². The van der Waals surface area contributed by atoms with E-state index in [9.17, 15) is 4.79 Å². The number of hydrogen-bond donors (Lipinski definition) is 0. The second kappa shape index (κ2) is 7.61. The second-order valence-electron chi connectivity index (χ2n) is 6.07. The van der Waals surface area contributed by atoms with Crippen LogP contribution < -0.4 is 4.74 Å². The minimum Gasteiger partial charge on any atom is -0.458 e. The summed E-state index contributed by atoms with van der Waals surface area (Å²) in [6.07, 6.45) is 4.97. The molecule has 1 aliphatic rings. The Morgan fingerprint density at radius 3 is 2.77 bits per heavy atom. The van der Waals surface area contributed by atoms with Crippen molar-refractivity contribution in [2.45, 2.75) is 18.9 Å². The van der Waals surface area contributed by atoms with E-state index in [1.165, 1.54) is 11.3 Å². The molecule has 6 nitrogen and oxygen atoms in total. The number of hydrogen-bond acceptors (Lipinski definition) is 6. The molecule has 0 N–H and O–H groups in total. The lowest BCUT2D eigenvalue weighted by molar-refractivity contribution is 0.0515. The number of nitrogens with zero attached hydrogens (tertiary/aromatic N) is 4. The number of rotatable bonds is 4. The average Bonchev–Trinajstić information content (AvgIpc) is 3.19. The van der Waals surface area contributed by atoms with Crippen molar-refractivity contribution in [3.05, 3.63) is 59.2 Å². The molecule has 2 aromatic heterocycles. The van der Waals surface area contributed by atoms with E-state index >= 15 is 0 Å². The van der Waals surface area contributed by atoms with Crippen molar-refractivity contribution in [2.24, 2.45) is 0 Å². The van der Waals surface area contributed by atoms with Gasteiger partial charge in [-0.05, 0) is 18.9 Å². The molecule has 4 rings (SSSR count). The molecule has 132 valence electrons. The molecule has 1 aromatic carbocycles. The Labute approximate surface area is 155 Å². The van der Waals surface area contributed by atoms with Crippen LogP contribution in [0.25, 0.3) is 11.3 Å². The number of aromatic nitrogens is 3. The van der Waals surface area contributed by atoms with Crippen molar-refractivity contribution in [2.75, 3.05) is 13.1 Å². The lowest BCUT2D eigenvalue weighted by Crippen LogP contribution is -2.44. The van der Waals surface area contributed by atoms with Crippen LogP contribution in [0.15, 0.2) is 54.2 Å². The van der Waals surface area contributed by atoms with Crippen LogP contribution in [0.2, 0.25) is 0 Å². The first-order valence-corrected chi connectivity index (χ1v) is 9.41. The van der Waals surface area contributed by atoms with Crippen LogP contribution in [0.3, 0.4) is 0 Å². The highest BCUT2D eigenvalue weighted by molar-refractivity contribution is 7.12. The Hall–Kier alpha value is -2.80. The van der Waals surface area contributed by atoms with Crippen LogP contribution in [0.4, 0.5) is 0 Å². The molecule has 1 fully saturated rings. The summed E-state index contributed by atoms with van der Waals surface area (Å²) >= 11 is 1.38. The molecule has 0 radical (unpaired) electrons. The van der Waals surface area contributed by atoms with E-state index in [1.54, 1.807) is 18.5 Å². The van der Waals surface area contributed by atoms with Gasteiger partial charge in [0.2, 0.25) is 0 Å². The molecule has 0 spiro atoms. The van der Waals surface area contributed by atoms with Crippen LogP contribution >= 0.6 is 11.3 Å². The maximum absolute atomic E-state index is 12.8. The van der Waals surface area contributed by atoms with Gasteiger partial charge in [-0.1, -0.05) is 30.3 Å². The number of thiazole rings is 1. The van der Waals surface area contributed by atoms with Crippen molar-refractivity contribution in [3.63, 3.8) is 0 Å². The molecule has 1 unspecified atom stereocenters. The molecule has 3 aromatic rings. The van der Waals surface area contributed by atoms with E-state index in [-0.39, 0.29) is 12.0 Å². The molecular formula is C19H18N4O2S. The fourth-order valence-electron chi connectivity index (χ4n) is 2.96. The summed E-state index contributed by atoms with van der Waals surface area (Å²) in [5.74, 6) is -0.0422. The van der Waals surface area contributed by atoms with Crippen molar-refractivity contribution in [3.8, 4) is 17.3 Å². The van der Waals surface area contributed by atoms with Crippen LogP contribution in [0.1, 0.15) is 22.6 Å². The standard InChI is InChI=1S/C19H18N4O2S/c24-18(17-22-16(13-26-17)14-6-2-1-3-7-14)23-11-4-8-15(12-23)25-19-20-9-5-10-21-19/h1-3,5-7,9-10,13,15H,4,8,11-12H2. The second-order valence-corrected chi connectivity index (χ2v) is 6.93. The van der Waals surface area contributed by atoms with Crippen molar-refractivity contribution < 1.29 is 9.53 Å². The fraction of sp³-hybridized carbons (Fsp3) is 0.263. The molecular weight excluding hydrogens is 348 g/mol. The summed E-state index contributed by atoms with van der Waals surface area (Å²) in [4.78, 5) is 27.3. The summed E-state index contributed by atoms with van der Waals surface area (Å²) in [6, 6.07) is 12.0. The normalized spacial score (nSPS) is 17.1. The molecule has 7 heteroatoms. The Morgan fingerprint density at radius 1 is 1.15 bits per heavy atom. The molecule has 0 aliphatic carbocycles. The maximum Gasteiger partial charge on any atom is 0.316 e. The number of amides is 1. The van der Waals surface area contributed by atoms with E-state index in [4.69, 9.17) is 4.74 Å². The van der Waals surface area contributed by atoms with Gasteiger partial charge < -0.3 is 9.64 Å². The van der Waals surface area contributed by atoms with Gasteiger partial charge in [-0.15, -0.1) is 11.3 Å². The first-order chi connectivity index (χ1) is 12.8. The number of ether oxygens (including phenoxy) is 1. The number of carbonyl (C=O) groups excluding carboxylic acids is 1. The summed E-state index contributed by atoms with van der Waals surface area (Å²) < 4.78 is 5.81. The average molecular weight is 366 g/mol. The molecule has 1 saturated heterocycles.